The standard InChI is InChI=1S/C19H24BrFN2O2S/c1-11(22-26(25)19(2,3)4)14-7-13(14)10-23-6-5-12-8-16(20)17(21)9-15(12)18(23)24/h5-6,8-9,11,13-14,22H,7,10H2,1-4H3/t11-,13-,14-,26?/m0/s1. The molecule has 1 N–H and O–H groups in total. The molecule has 1 aromatic carbocycles. The smallest absolute Gasteiger partial charge is 0.258 e. The van der Waals surface area contributed by atoms with E-state index in [9.17, 15) is 13.7 Å². The van der Waals surface area contributed by atoms with Crippen LogP contribution in [0.1, 0.15) is 34.1 Å². The first-order valence-electron chi connectivity index (χ1n) is 8.74. The van der Waals surface area contributed by atoms with Crippen molar-refractivity contribution in [3.8, 4) is 0 Å². The van der Waals surface area contributed by atoms with Crippen LogP contribution in [0.5, 0.6) is 0 Å². The summed E-state index contributed by atoms with van der Waals surface area (Å²) in [5.41, 5.74) is -0.168. The molecule has 7 heteroatoms. The lowest BCUT2D eigenvalue weighted by atomic mass is 10.1. The molecule has 0 radical (unpaired) electrons. The summed E-state index contributed by atoms with van der Waals surface area (Å²) in [6, 6.07) is 4.89. The van der Waals surface area contributed by atoms with Crippen LogP contribution in [0.2, 0.25) is 0 Å². The summed E-state index contributed by atoms with van der Waals surface area (Å²) < 4.78 is 30.9. The summed E-state index contributed by atoms with van der Waals surface area (Å²) in [4.78, 5) is 12.7. The molecule has 1 aliphatic carbocycles. The Labute approximate surface area is 164 Å². The molecule has 0 spiro atoms. The number of hydrogen-bond donors (Lipinski definition) is 1. The third kappa shape index (κ3) is 4.16. The minimum absolute atomic E-state index is 0.129. The number of pyridine rings is 1. The van der Waals surface area contributed by atoms with Crippen LogP contribution in [-0.4, -0.2) is 19.9 Å². The van der Waals surface area contributed by atoms with Crippen molar-refractivity contribution in [2.75, 3.05) is 0 Å². The molecule has 3 rings (SSSR count). The van der Waals surface area contributed by atoms with Gasteiger partial charge < -0.3 is 9.12 Å². The van der Waals surface area contributed by atoms with Crippen molar-refractivity contribution in [3.63, 3.8) is 0 Å². The van der Waals surface area contributed by atoms with E-state index >= 15 is 0 Å². The zero-order valence-electron chi connectivity index (χ0n) is 15.4. The Morgan fingerprint density at radius 2 is 2.15 bits per heavy atom. The van der Waals surface area contributed by atoms with Gasteiger partial charge in [-0.05, 0) is 85.5 Å². The average molecular weight is 443 g/mol. The maximum absolute atomic E-state index is 13.8. The van der Waals surface area contributed by atoms with E-state index < -0.39 is 17.2 Å². The number of fused-ring (bicyclic) bond motifs is 1. The third-order valence-corrected chi connectivity index (χ3v) is 7.22. The first kappa shape index (κ1) is 19.9. The van der Waals surface area contributed by atoms with Gasteiger partial charge in [0.05, 0.1) is 15.9 Å². The normalized spacial score (nSPS) is 22.4. The highest BCUT2D eigenvalue weighted by Gasteiger charge is 2.43. The topological polar surface area (TPSA) is 57.1 Å². The third-order valence-electron chi connectivity index (χ3n) is 4.92. The van der Waals surface area contributed by atoms with Gasteiger partial charge in [0.25, 0.3) is 5.56 Å². The molecular weight excluding hydrogens is 419 g/mol. The van der Waals surface area contributed by atoms with Gasteiger partial charge in [-0.15, -0.1) is 4.72 Å². The number of aromatic nitrogens is 1. The summed E-state index contributed by atoms with van der Waals surface area (Å²) in [5.74, 6) is 0.328. The largest absolute Gasteiger partial charge is 0.598 e. The molecule has 1 saturated carbocycles. The summed E-state index contributed by atoms with van der Waals surface area (Å²) in [5, 5.41) is 1.12. The number of halogens is 2. The number of benzene rings is 1. The van der Waals surface area contributed by atoms with E-state index in [-0.39, 0.29) is 16.3 Å². The van der Waals surface area contributed by atoms with E-state index in [0.717, 1.165) is 11.8 Å². The fraction of sp³-hybridized carbons (Fsp3) is 0.526. The molecule has 2 aromatic rings. The van der Waals surface area contributed by atoms with E-state index in [1.165, 1.54) is 6.07 Å². The molecule has 1 aliphatic rings. The quantitative estimate of drug-likeness (QED) is 0.712. The summed E-state index contributed by atoms with van der Waals surface area (Å²) >= 11 is 2.05. The molecule has 142 valence electrons. The van der Waals surface area contributed by atoms with Gasteiger partial charge in [0.15, 0.2) is 0 Å². The van der Waals surface area contributed by atoms with Crippen molar-refractivity contribution in [3.05, 3.63) is 45.0 Å². The fourth-order valence-electron chi connectivity index (χ4n) is 3.20. The van der Waals surface area contributed by atoms with Gasteiger partial charge in [-0.3, -0.25) is 4.79 Å². The second kappa shape index (κ2) is 7.26. The molecule has 1 unspecified atom stereocenters. The predicted molar refractivity (Wildman–Crippen MR) is 108 cm³/mol. The predicted octanol–water partition coefficient (Wildman–Crippen LogP) is 3.98. The van der Waals surface area contributed by atoms with Gasteiger partial charge in [0, 0.05) is 24.1 Å². The second-order valence-electron chi connectivity index (χ2n) is 8.07. The Morgan fingerprint density at radius 1 is 1.46 bits per heavy atom. The number of nitrogens with one attached hydrogen (secondary N) is 1. The zero-order chi connectivity index (χ0) is 19.2. The van der Waals surface area contributed by atoms with Crippen molar-refractivity contribution in [2.24, 2.45) is 11.8 Å². The van der Waals surface area contributed by atoms with Crippen molar-refractivity contribution in [2.45, 2.75) is 51.4 Å². The Kier molecular flexibility index (Phi) is 5.55. The van der Waals surface area contributed by atoms with Crippen LogP contribution in [0.3, 0.4) is 0 Å². The zero-order valence-corrected chi connectivity index (χ0v) is 17.8. The van der Waals surface area contributed by atoms with E-state index in [1.54, 1.807) is 16.8 Å². The highest BCUT2D eigenvalue weighted by atomic mass is 79.9. The first-order chi connectivity index (χ1) is 12.1. The average Bonchev–Trinajstić information content (AvgIpc) is 3.31. The maximum atomic E-state index is 13.8. The maximum Gasteiger partial charge on any atom is 0.258 e. The van der Waals surface area contributed by atoms with Crippen LogP contribution in [-0.2, 0) is 17.9 Å². The molecule has 0 amide bonds. The molecule has 4 nitrogen and oxygen atoms in total. The van der Waals surface area contributed by atoms with Gasteiger partial charge in [-0.1, -0.05) is 0 Å². The molecule has 0 aliphatic heterocycles. The monoisotopic (exact) mass is 442 g/mol. The van der Waals surface area contributed by atoms with Gasteiger partial charge in [-0.2, -0.15) is 0 Å². The van der Waals surface area contributed by atoms with Crippen LogP contribution in [0.25, 0.3) is 10.8 Å². The van der Waals surface area contributed by atoms with Crippen molar-refractivity contribution in [1.29, 1.82) is 0 Å². The van der Waals surface area contributed by atoms with Gasteiger partial charge in [0.1, 0.15) is 10.6 Å². The lowest BCUT2D eigenvalue weighted by Crippen LogP contribution is -2.44. The van der Waals surface area contributed by atoms with Crippen LogP contribution < -0.4 is 10.3 Å². The SMILES string of the molecule is C[C@H](N[S+]([O-])C(C)(C)C)[C@@H]1C[C@H]1Cn1ccc2cc(Br)c(F)cc2c1=O. The van der Waals surface area contributed by atoms with E-state index in [0.29, 0.717) is 28.2 Å². The van der Waals surface area contributed by atoms with E-state index in [1.807, 2.05) is 33.8 Å². The Balaban J connectivity index is 1.70. The Bertz CT molecular complexity index is 880. The summed E-state index contributed by atoms with van der Waals surface area (Å²) in [6.07, 6.45) is 2.77. The molecule has 4 atom stereocenters. The van der Waals surface area contributed by atoms with Crippen LogP contribution in [0, 0.1) is 17.7 Å². The number of rotatable bonds is 5. The summed E-state index contributed by atoms with van der Waals surface area (Å²) in [7, 11) is 0. The lowest BCUT2D eigenvalue weighted by Gasteiger charge is -2.26. The highest BCUT2D eigenvalue weighted by Crippen LogP contribution is 2.42. The second-order valence-corrected chi connectivity index (χ2v) is 10.9. The summed E-state index contributed by atoms with van der Waals surface area (Å²) in [6.45, 7) is 8.48. The molecule has 0 saturated heterocycles. The van der Waals surface area contributed by atoms with Crippen LogP contribution in [0.4, 0.5) is 4.39 Å². The van der Waals surface area contributed by atoms with Crippen molar-refractivity contribution in [1.82, 2.24) is 9.29 Å². The van der Waals surface area contributed by atoms with Crippen LogP contribution in [0.15, 0.2) is 33.7 Å². The molecule has 1 aromatic heterocycles. The lowest BCUT2D eigenvalue weighted by molar-refractivity contribution is 0.478. The molecular formula is C19H24BrFN2O2S. The van der Waals surface area contributed by atoms with Crippen molar-refractivity contribution < 1.29 is 8.94 Å². The van der Waals surface area contributed by atoms with E-state index in [4.69, 9.17) is 0 Å². The first-order valence-corrected chi connectivity index (χ1v) is 10.7. The molecule has 26 heavy (non-hydrogen) atoms. The molecule has 1 fully saturated rings. The minimum Gasteiger partial charge on any atom is -0.598 e. The highest BCUT2D eigenvalue weighted by molar-refractivity contribution is 9.10. The number of hydrogen-bond acceptors (Lipinski definition) is 3. The fourth-order valence-corrected chi connectivity index (χ4v) is 4.43. The van der Waals surface area contributed by atoms with Gasteiger partial charge >= 0.3 is 0 Å². The Hall–Kier alpha value is -0.890. The number of nitrogens with zero attached hydrogens (tertiary/aromatic N) is 1. The van der Waals surface area contributed by atoms with Crippen LogP contribution >= 0.6 is 15.9 Å². The van der Waals surface area contributed by atoms with Gasteiger partial charge in [-0.25, -0.2) is 4.39 Å². The Morgan fingerprint density at radius 3 is 2.81 bits per heavy atom. The molecule has 0 bridgehead atoms. The molecule has 1 heterocycles. The van der Waals surface area contributed by atoms with Gasteiger partial charge in [0.2, 0.25) is 0 Å². The minimum atomic E-state index is -1.10. The van der Waals surface area contributed by atoms with E-state index in [2.05, 4.69) is 20.7 Å². The van der Waals surface area contributed by atoms with Crippen molar-refractivity contribution >= 4 is 38.1 Å².